The molecule has 2 N–H and O–H groups in total. The summed E-state index contributed by atoms with van der Waals surface area (Å²) in [5.41, 5.74) is 5.36. The summed E-state index contributed by atoms with van der Waals surface area (Å²) in [7, 11) is 0. The molecule has 0 radical (unpaired) electrons. The number of rotatable bonds is 2. The molecule has 1 aromatic carbocycles. The first-order valence-electron chi connectivity index (χ1n) is 6.70. The molecule has 3 rings (SSSR count). The van der Waals surface area contributed by atoms with E-state index in [4.69, 9.17) is 0 Å². The van der Waals surface area contributed by atoms with Crippen molar-refractivity contribution in [3.63, 3.8) is 0 Å². The van der Waals surface area contributed by atoms with E-state index in [0.717, 1.165) is 25.3 Å². The van der Waals surface area contributed by atoms with Crippen LogP contribution in [-0.2, 0) is 4.79 Å². The van der Waals surface area contributed by atoms with Gasteiger partial charge in [-0.2, -0.15) is 0 Å². The molecular formula is C14H19N3O. The van der Waals surface area contributed by atoms with Crippen LogP contribution in [0.4, 0.5) is 5.69 Å². The van der Waals surface area contributed by atoms with Gasteiger partial charge in [-0.25, -0.2) is 0 Å². The number of carbonyl (C=O) groups excluding carboxylic acids is 1. The Labute approximate surface area is 107 Å². The fourth-order valence-corrected chi connectivity index (χ4v) is 2.75. The molecule has 4 heteroatoms. The maximum absolute atomic E-state index is 11.3. The Morgan fingerprint density at radius 3 is 3.00 bits per heavy atom. The van der Waals surface area contributed by atoms with Crippen LogP contribution in [0.25, 0.3) is 0 Å². The van der Waals surface area contributed by atoms with Gasteiger partial charge < -0.3 is 5.32 Å². The second-order valence-electron chi connectivity index (χ2n) is 5.07. The highest BCUT2D eigenvalue weighted by Crippen LogP contribution is 2.27. The highest BCUT2D eigenvalue weighted by atomic mass is 16.2. The molecule has 4 nitrogen and oxygen atoms in total. The molecule has 2 heterocycles. The summed E-state index contributed by atoms with van der Waals surface area (Å²) in [6.45, 7) is 2.97. The minimum absolute atomic E-state index is 0.111. The number of amides is 1. The first kappa shape index (κ1) is 11.5. The summed E-state index contributed by atoms with van der Waals surface area (Å²) in [6.07, 6.45) is 3.09. The van der Waals surface area contributed by atoms with Gasteiger partial charge in [0.1, 0.15) is 0 Å². The largest absolute Gasteiger partial charge is 0.316 e. The van der Waals surface area contributed by atoms with Crippen molar-refractivity contribution >= 4 is 11.6 Å². The Kier molecular flexibility index (Phi) is 3.19. The second-order valence-corrected chi connectivity index (χ2v) is 5.07. The van der Waals surface area contributed by atoms with Crippen LogP contribution in [0, 0.1) is 0 Å². The Bertz CT molecular complexity index is 440. The van der Waals surface area contributed by atoms with Gasteiger partial charge in [-0.05, 0) is 43.0 Å². The first-order chi connectivity index (χ1) is 8.83. The quantitative estimate of drug-likeness (QED) is 0.827. The van der Waals surface area contributed by atoms with Gasteiger partial charge in [0.15, 0.2) is 0 Å². The van der Waals surface area contributed by atoms with E-state index in [1.54, 1.807) is 0 Å². The van der Waals surface area contributed by atoms with Gasteiger partial charge in [0.2, 0.25) is 5.91 Å². The van der Waals surface area contributed by atoms with Crippen LogP contribution in [-0.4, -0.2) is 25.5 Å². The maximum atomic E-state index is 11.3. The van der Waals surface area contributed by atoms with Gasteiger partial charge in [-0.15, -0.1) is 0 Å². The van der Waals surface area contributed by atoms with Crippen molar-refractivity contribution in [2.75, 3.05) is 24.6 Å². The predicted octanol–water partition coefficient (Wildman–Crippen LogP) is 1.39. The molecular weight excluding hydrogens is 226 g/mol. The molecule has 0 aliphatic carbocycles. The van der Waals surface area contributed by atoms with Crippen molar-refractivity contribution < 1.29 is 4.79 Å². The number of piperidine rings is 1. The fraction of sp³-hybridized carbons (Fsp3) is 0.500. The number of hydrogen-bond donors (Lipinski definition) is 2. The van der Waals surface area contributed by atoms with Gasteiger partial charge in [0, 0.05) is 19.5 Å². The van der Waals surface area contributed by atoms with Crippen molar-refractivity contribution in [1.82, 2.24) is 10.7 Å². The molecule has 0 spiro atoms. The number of carbonyl (C=O) groups is 1. The number of hydrazine groups is 1. The molecule has 1 aromatic rings. The van der Waals surface area contributed by atoms with Crippen molar-refractivity contribution in [1.29, 1.82) is 0 Å². The van der Waals surface area contributed by atoms with Crippen molar-refractivity contribution in [2.24, 2.45) is 0 Å². The standard InChI is InChI=1S/C14H19N3O/c18-14-6-8-17(16-14)13-5-1-3-11(9-13)12-4-2-7-15-10-12/h1,3,5,9,12,15H,2,4,6-8,10H2,(H,16,18). The predicted molar refractivity (Wildman–Crippen MR) is 71.4 cm³/mol. The van der Waals surface area contributed by atoms with Gasteiger partial charge >= 0.3 is 0 Å². The van der Waals surface area contributed by atoms with Gasteiger partial charge in [0.05, 0.1) is 5.69 Å². The monoisotopic (exact) mass is 245 g/mol. The molecule has 1 amide bonds. The third kappa shape index (κ3) is 2.34. The Balaban J connectivity index is 1.78. The highest BCUT2D eigenvalue weighted by molar-refractivity contribution is 5.81. The van der Waals surface area contributed by atoms with Crippen LogP contribution >= 0.6 is 0 Å². The number of nitrogens with zero attached hydrogens (tertiary/aromatic N) is 1. The van der Waals surface area contributed by atoms with E-state index < -0.39 is 0 Å². The molecule has 2 aliphatic rings. The Hall–Kier alpha value is -1.55. The van der Waals surface area contributed by atoms with Crippen LogP contribution in [0.1, 0.15) is 30.7 Å². The third-order valence-corrected chi connectivity index (χ3v) is 3.77. The van der Waals surface area contributed by atoms with Crippen LogP contribution in [0.3, 0.4) is 0 Å². The zero-order valence-corrected chi connectivity index (χ0v) is 10.5. The Morgan fingerprint density at radius 1 is 1.33 bits per heavy atom. The summed E-state index contributed by atoms with van der Waals surface area (Å²) < 4.78 is 0. The lowest BCUT2D eigenvalue weighted by molar-refractivity contribution is -0.119. The van der Waals surface area contributed by atoms with E-state index in [9.17, 15) is 4.79 Å². The zero-order valence-electron chi connectivity index (χ0n) is 10.5. The number of benzene rings is 1. The highest BCUT2D eigenvalue weighted by Gasteiger charge is 2.20. The van der Waals surface area contributed by atoms with Gasteiger partial charge in [-0.1, -0.05) is 12.1 Å². The summed E-state index contributed by atoms with van der Waals surface area (Å²) in [4.78, 5) is 11.3. The second kappa shape index (κ2) is 4.98. The lowest BCUT2D eigenvalue weighted by atomic mass is 9.91. The van der Waals surface area contributed by atoms with E-state index >= 15 is 0 Å². The summed E-state index contributed by atoms with van der Waals surface area (Å²) in [5.74, 6) is 0.719. The average Bonchev–Trinajstić information content (AvgIpc) is 2.87. The number of hydrogen-bond acceptors (Lipinski definition) is 3. The van der Waals surface area contributed by atoms with Crippen molar-refractivity contribution in [2.45, 2.75) is 25.2 Å². The average molecular weight is 245 g/mol. The Morgan fingerprint density at radius 2 is 2.28 bits per heavy atom. The maximum Gasteiger partial charge on any atom is 0.240 e. The van der Waals surface area contributed by atoms with E-state index in [-0.39, 0.29) is 5.91 Å². The smallest absolute Gasteiger partial charge is 0.240 e. The summed E-state index contributed by atoms with van der Waals surface area (Å²) in [6, 6.07) is 8.55. The molecule has 1 atom stereocenters. The van der Waals surface area contributed by atoms with Crippen molar-refractivity contribution in [3.8, 4) is 0 Å². The molecule has 2 aliphatic heterocycles. The molecule has 0 saturated carbocycles. The third-order valence-electron chi connectivity index (χ3n) is 3.77. The molecule has 2 saturated heterocycles. The fourth-order valence-electron chi connectivity index (χ4n) is 2.75. The van der Waals surface area contributed by atoms with Crippen LogP contribution in [0.5, 0.6) is 0 Å². The van der Waals surface area contributed by atoms with E-state index in [0.29, 0.717) is 12.3 Å². The van der Waals surface area contributed by atoms with Crippen molar-refractivity contribution in [3.05, 3.63) is 29.8 Å². The topological polar surface area (TPSA) is 44.4 Å². The summed E-state index contributed by atoms with van der Waals surface area (Å²) in [5, 5.41) is 5.39. The lowest BCUT2D eigenvalue weighted by Crippen LogP contribution is -2.33. The van der Waals surface area contributed by atoms with E-state index in [2.05, 4.69) is 35.0 Å². The van der Waals surface area contributed by atoms with Crippen LogP contribution in [0.15, 0.2) is 24.3 Å². The molecule has 96 valence electrons. The van der Waals surface area contributed by atoms with Gasteiger partial charge in [0.25, 0.3) is 0 Å². The van der Waals surface area contributed by atoms with E-state index in [1.807, 2.05) is 5.01 Å². The normalized spacial score (nSPS) is 24.1. The molecule has 0 aromatic heterocycles. The number of nitrogens with one attached hydrogen (secondary N) is 2. The lowest BCUT2D eigenvalue weighted by Gasteiger charge is -2.25. The minimum atomic E-state index is 0.111. The summed E-state index contributed by atoms with van der Waals surface area (Å²) >= 11 is 0. The molecule has 2 fully saturated rings. The van der Waals surface area contributed by atoms with Crippen LogP contribution < -0.4 is 15.8 Å². The molecule has 1 unspecified atom stereocenters. The SMILES string of the molecule is O=C1CCN(c2cccc(C3CCCNC3)c2)N1. The van der Waals surface area contributed by atoms with Gasteiger partial charge in [-0.3, -0.25) is 15.2 Å². The van der Waals surface area contributed by atoms with Crippen LogP contribution in [0.2, 0.25) is 0 Å². The molecule has 18 heavy (non-hydrogen) atoms. The molecule has 0 bridgehead atoms. The zero-order chi connectivity index (χ0) is 12.4. The first-order valence-corrected chi connectivity index (χ1v) is 6.70. The van der Waals surface area contributed by atoms with E-state index in [1.165, 1.54) is 18.4 Å². The minimum Gasteiger partial charge on any atom is -0.316 e. The number of anilines is 1.